The zero-order valence-electron chi connectivity index (χ0n) is 14.6. The van der Waals surface area contributed by atoms with Crippen LogP contribution in [0.15, 0.2) is 89.2 Å². The predicted molar refractivity (Wildman–Crippen MR) is 106 cm³/mol. The molecule has 0 saturated heterocycles. The molecule has 1 aromatic heterocycles. The van der Waals surface area contributed by atoms with Gasteiger partial charge < -0.3 is 5.11 Å². The maximum Gasteiger partial charge on any atom is 0.268 e. The van der Waals surface area contributed by atoms with E-state index >= 15 is 0 Å². The molecule has 2 aromatic carbocycles. The van der Waals surface area contributed by atoms with E-state index in [1.54, 1.807) is 23.6 Å². The van der Waals surface area contributed by atoms with Crippen LogP contribution in [0.3, 0.4) is 0 Å². The van der Waals surface area contributed by atoms with Crippen LogP contribution < -0.4 is 5.56 Å². The van der Waals surface area contributed by atoms with Gasteiger partial charge >= 0.3 is 0 Å². The van der Waals surface area contributed by atoms with Crippen LogP contribution in [-0.2, 0) is 0 Å². The number of benzene rings is 2. The summed E-state index contributed by atoms with van der Waals surface area (Å²) in [6.45, 7) is 5.74. The molecular weight excluding hydrogens is 324 g/mol. The molecule has 0 aliphatic carbocycles. The van der Waals surface area contributed by atoms with Gasteiger partial charge in [0.25, 0.3) is 5.56 Å². The monoisotopic (exact) mass is 344 g/mol. The van der Waals surface area contributed by atoms with Gasteiger partial charge in [-0.05, 0) is 24.6 Å². The van der Waals surface area contributed by atoms with E-state index in [4.69, 9.17) is 0 Å². The summed E-state index contributed by atoms with van der Waals surface area (Å²) in [5.74, 6) is -0.0775. The Morgan fingerprint density at radius 3 is 2.35 bits per heavy atom. The predicted octanol–water partition coefficient (Wildman–Crippen LogP) is 4.21. The third kappa shape index (κ3) is 3.35. The molecule has 0 unspecified atom stereocenters. The Labute approximate surface area is 152 Å². The standard InChI is InChI=1S/C22H20N2O2/c1-3-14-23-16(2)21-20(25)15-19(17-10-6-4-7-11-17)24(22(21)26)18-12-8-5-9-13-18/h3-13,15,25H,1,14H2,2H3. The van der Waals surface area contributed by atoms with Crippen molar-refractivity contribution in [3.05, 3.63) is 95.3 Å². The van der Waals surface area contributed by atoms with Crippen molar-refractivity contribution >= 4 is 5.71 Å². The molecule has 0 aliphatic rings. The van der Waals surface area contributed by atoms with E-state index in [0.29, 0.717) is 18.0 Å². The van der Waals surface area contributed by atoms with E-state index < -0.39 is 0 Å². The van der Waals surface area contributed by atoms with Gasteiger partial charge in [-0.25, -0.2) is 0 Å². The lowest BCUT2D eigenvalue weighted by Crippen LogP contribution is -2.26. The zero-order valence-corrected chi connectivity index (χ0v) is 14.6. The number of pyridine rings is 1. The van der Waals surface area contributed by atoms with Crippen molar-refractivity contribution in [2.45, 2.75) is 6.92 Å². The summed E-state index contributed by atoms with van der Waals surface area (Å²) < 4.78 is 1.61. The molecular formula is C22H20N2O2. The summed E-state index contributed by atoms with van der Waals surface area (Å²) in [6, 6.07) is 20.5. The van der Waals surface area contributed by atoms with Gasteiger partial charge in [0.2, 0.25) is 0 Å². The first-order valence-corrected chi connectivity index (χ1v) is 8.35. The minimum Gasteiger partial charge on any atom is -0.507 e. The van der Waals surface area contributed by atoms with Gasteiger partial charge in [-0.2, -0.15) is 0 Å². The first kappa shape index (κ1) is 17.4. The lowest BCUT2D eigenvalue weighted by molar-refractivity contribution is 0.472. The number of rotatable bonds is 5. The fraction of sp³-hybridized carbons (Fsp3) is 0.0909. The molecule has 26 heavy (non-hydrogen) atoms. The second kappa shape index (κ2) is 7.66. The number of aromatic nitrogens is 1. The molecule has 4 heteroatoms. The highest BCUT2D eigenvalue weighted by Gasteiger charge is 2.18. The molecule has 0 fully saturated rings. The summed E-state index contributed by atoms with van der Waals surface area (Å²) in [5, 5.41) is 10.6. The van der Waals surface area contributed by atoms with Crippen molar-refractivity contribution in [3.63, 3.8) is 0 Å². The van der Waals surface area contributed by atoms with Crippen molar-refractivity contribution < 1.29 is 5.11 Å². The Balaban J connectivity index is 2.34. The molecule has 0 aliphatic heterocycles. The van der Waals surface area contributed by atoms with Crippen molar-refractivity contribution in [1.82, 2.24) is 4.57 Å². The number of nitrogens with zero attached hydrogens (tertiary/aromatic N) is 2. The normalized spacial score (nSPS) is 11.3. The fourth-order valence-corrected chi connectivity index (χ4v) is 2.87. The Bertz CT molecular complexity index is 1000. The maximum absolute atomic E-state index is 13.3. The third-order valence-electron chi connectivity index (χ3n) is 4.09. The molecule has 1 N–H and O–H groups in total. The molecule has 4 nitrogen and oxygen atoms in total. The highest BCUT2D eigenvalue weighted by molar-refractivity contribution is 6.01. The van der Waals surface area contributed by atoms with E-state index in [0.717, 1.165) is 11.3 Å². The number of hydrogen-bond acceptors (Lipinski definition) is 3. The second-order valence-corrected chi connectivity index (χ2v) is 5.85. The Morgan fingerprint density at radius 2 is 1.73 bits per heavy atom. The smallest absolute Gasteiger partial charge is 0.268 e. The molecule has 0 amide bonds. The summed E-state index contributed by atoms with van der Waals surface area (Å²) in [6.07, 6.45) is 1.65. The first-order valence-electron chi connectivity index (χ1n) is 8.35. The van der Waals surface area contributed by atoms with Gasteiger partial charge in [-0.15, -0.1) is 6.58 Å². The highest BCUT2D eigenvalue weighted by Crippen LogP contribution is 2.27. The Kier molecular flexibility index (Phi) is 5.13. The number of aromatic hydroxyl groups is 1. The molecule has 0 spiro atoms. The van der Waals surface area contributed by atoms with Gasteiger partial charge in [-0.1, -0.05) is 54.6 Å². The topological polar surface area (TPSA) is 54.6 Å². The van der Waals surface area contributed by atoms with Crippen LogP contribution in [0.5, 0.6) is 5.75 Å². The van der Waals surface area contributed by atoms with E-state index in [-0.39, 0.29) is 16.9 Å². The van der Waals surface area contributed by atoms with Crippen LogP contribution >= 0.6 is 0 Å². The average molecular weight is 344 g/mol. The van der Waals surface area contributed by atoms with Gasteiger partial charge in [0.1, 0.15) is 11.3 Å². The van der Waals surface area contributed by atoms with E-state index in [9.17, 15) is 9.90 Å². The van der Waals surface area contributed by atoms with Crippen LogP contribution in [0, 0.1) is 0 Å². The summed E-state index contributed by atoms with van der Waals surface area (Å²) in [5.41, 5.74) is 2.58. The summed E-state index contributed by atoms with van der Waals surface area (Å²) >= 11 is 0. The van der Waals surface area contributed by atoms with Crippen molar-refractivity contribution in [2.75, 3.05) is 6.54 Å². The average Bonchev–Trinajstić information content (AvgIpc) is 2.67. The molecule has 0 saturated carbocycles. The molecule has 3 aromatic rings. The number of hydrogen-bond donors (Lipinski definition) is 1. The largest absolute Gasteiger partial charge is 0.507 e. The van der Waals surface area contributed by atoms with Crippen molar-refractivity contribution in [1.29, 1.82) is 0 Å². The molecule has 1 heterocycles. The first-order chi connectivity index (χ1) is 12.6. The van der Waals surface area contributed by atoms with Crippen LogP contribution in [0.1, 0.15) is 12.5 Å². The minimum atomic E-state index is -0.305. The molecule has 0 bridgehead atoms. The number of para-hydroxylation sites is 1. The minimum absolute atomic E-state index is 0.0775. The van der Waals surface area contributed by atoms with Crippen LogP contribution in [0.2, 0.25) is 0 Å². The quantitative estimate of drug-likeness (QED) is 0.557. The summed E-state index contributed by atoms with van der Waals surface area (Å²) in [7, 11) is 0. The lowest BCUT2D eigenvalue weighted by Gasteiger charge is -2.16. The molecule has 0 atom stereocenters. The molecule has 0 radical (unpaired) electrons. The second-order valence-electron chi connectivity index (χ2n) is 5.85. The van der Waals surface area contributed by atoms with Crippen molar-refractivity contribution in [2.24, 2.45) is 4.99 Å². The Morgan fingerprint density at radius 1 is 1.12 bits per heavy atom. The van der Waals surface area contributed by atoms with E-state index in [1.165, 1.54) is 0 Å². The summed E-state index contributed by atoms with van der Waals surface area (Å²) in [4.78, 5) is 17.6. The molecule has 3 rings (SSSR count). The van der Waals surface area contributed by atoms with Gasteiger partial charge in [0.05, 0.1) is 12.2 Å². The van der Waals surface area contributed by atoms with Crippen LogP contribution in [0.4, 0.5) is 0 Å². The highest BCUT2D eigenvalue weighted by atomic mass is 16.3. The van der Waals surface area contributed by atoms with E-state index in [1.807, 2.05) is 60.7 Å². The molecule has 130 valence electrons. The van der Waals surface area contributed by atoms with Gasteiger partial charge in [0.15, 0.2) is 0 Å². The fourth-order valence-electron chi connectivity index (χ4n) is 2.87. The van der Waals surface area contributed by atoms with Crippen molar-refractivity contribution in [3.8, 4) is 22.7 Å². The van der Waals surface area contributed by atoms with Crippen LogP contribution in [0.25, 0.3) is 16.9 Å². The third-order valence-corrected chi connectivity index (χ3v) is 4.09. The van der Waals surface area contributed by atoms with Crippen LogP contribution in [-0.4, -0.2) is 21.9 Å². The number of aliphatic imine (C=N–C) groups is 1. The maximum atomic E-state index is 13.3. The lowest BCUT2D eigenvalue weighted by atomic mass is 10.1. The SMILES string of the molecule is C=CCN=C(C)c1c(O)cc(-c2ccccc2)n(-c2ccccc2)c1=O. The van der Waals surface area contributed by atoms with E-state index in [2.05, 4.69) is 11.6 Å². The van der Waals surface area contributed by atoms with Gasteiger partial charge in [-0.3, -0.25) is 14.4 Å². The Hall–Kier alpha value is -3.40. The van der Waals surface area contributed by atoms with Gasteiger partial charge in [0, 0.05) is 17.5 Å². The zero-order chi connectivity index (χ0) is 18.5.